The second-order valence-electron chi connectivity index (χ2n) is 9.70. The van der Waals surface area contributed by atoms with Crippen LogP contribution in [0.25, 0.3) is 22.2 Å². The van der Waals surface area contributed by atoms with Crippen LogP contribution in [0.15, 0.2) is 48.9 Å². The van der Waals surface area contributed by atoms with Gasteiger partial charge in [0.2, 0.25) is 5.91 Å². The van der Waals surface area contributed by atoms with Crippen molar-refractivity contribution >= 4 is 28.4 Å². The second-order valence-corrected chi connectivity index (χ2v) is 9.70. The van der Waals surface area contributed by atoms with Crippen molar-refractivity contribution in [2.45, 2.75) is 19.4 Å². The number of benzene rings is 2. The fourth-order valence-corrected chi connectivity index (χ4v) is 5.38. The lowest BCUT2D eigenvalue weighted by molar-refractivity contribution is -0.117. The molecule has 0 bridgehead atoms. The number of carbonyl (C=O) groups is 1. The van der Waals surface area contributed by atoms with Gasteiger partial charge in [0.15, 0.2) is 0 Å². The number of nitrogens with zero attached hydrogens (tertiary/aromatic N) is 5. The number of hydrogen-bond acceptors (Lipinski definition) is 6. The number of nitrogens with two attached hydrogens (primary N) is 1. The zero-order valence-electron chi connectivity index (χ0n) is 20.9. The highest BCUT2D eigenvalue weighted by atomic mass is 19.1. The minimum Gasteiger partial charge on any atom is -0.383 e. The Bertz CT molecular complexity index is 1520. The highest BCUT2D eigenvalue weighted by molar-refractivity contribution is 6.02. The molecule has 0 unspecified atom stereocenters. The van der Waals surface area contributed by atoms with Crippen molar-refractivity contribution < 1.29 is 18.3 Å². The van der Waals surface area contributed by atoms with Crippen LogP contribution in [0.4, 0.5) is 20.3 Å². The molecular weight excluding hydrogens is 490 g/mol. The first-order chi connectivity index (χ1) is 18.5. The number of halogens is 2. The molecule has 10 heteroatoms. The predicted octanol–water partition coefficient (Wildman–Crippen LogP) is 3.42. The number of amides is 1. The van der Waals surface area contributed by atoms with Crippen LogP contribution in [-0.4, -0.2) is 64.7 Å². The number of fused-ring (bicyclic) bond motifs is 2. The maximum absolute atomic E-state index is 14.1. The standard InChI is InChI=1S/C28H28F2N6O2/c29-21-2-3-23(30)20(14-21)15-25(37)36-6-5-19-13-18(1-4-24(19)36)22-16-35(8-7-34-9-11-38-12-10-34)28-26(22)27(31)32-17-33-28/h1-4,13-14,16-17H,5-12,15H2,(H2,31,32,33). The van der Waals surface area contributed by atoms with Crippen molar-refractivity contribution in [1.82, 2.24) is 19.4 Å². The Morgan fingerprint density at radius 3 is 2.71 bits per heavy atom. The number of ether oxygens (including phenoxy) is 1. The van der Waals surface area contributed by atoms with Crippen LogP contribution in [0.2, 0.25) is 0 Å². The monoisotopic (exact) mass is 518 g/mol. The molecule has 1 amide bonds. The van der Waals surface area contributed by atoms with Crippen LogP contribution >= 0.6 is 0 Å². The van der Waals surface area contributed by atoms with Gasteiger partial charge in [-0.3, -0.25) is 9.69 Å². The lowest BCUT2D eigenvalue weighted by atomic mass is 10.0. The smallest absolute Gasteiger partial charge is 0.231 e. The van der Waals surface area contributed by atoms with E-state index in [0.29, 0.717) is 18.8 Å². The predicted molar refractivity (Wildman–Crippen MR) is 141 cm³/mol. The van der Waals surface area contributed by atoms with Crippen molar-refractivity contribution in [2.24, 2.45) is 0 Å². The third kappa shape index (κ3) is 4.61. The lowest BCUT2D eigenvalue weighted by Crippen LogP contribution is -2.38. The van der Waals surface area contributed by atoms with Gasteiger partial charge in [0.05, 0.1) is 25.0 Å². The topological polar surface area (TPSA) is 89.5 Å². The van der Waals surface area contributed by atoms with Crippen LogP contribution in [0.1, 0.15) is 11.1 Å². The highest BCUT2D eigenvalue weighted by Gasteiger charge is 2.26. The number of hydrogen-bond donors (Lipinski definition) is 1. The van der Waals surface area contributed by atoms with E-state index in [2.05, 4.69) is 31.7 Å². The van der Waals surface area contributed by atoms with E-state index < -0.39 is 11.6 Å². The van der Waals surface area contributed by atoms with Crippen molar-refractivity contribution in [3.05, 3.63) is 71.7 Å². The molecule has 2 aliphatic heterocycles. The molecule has 2 aromatic heterocycles. The molecule has 8 nitrogen and oxygen atoms in total. The van der Waals surface area contributed by atoms with Crippen molar-refractivity contribution in [3.8, 4) is 11.1 Å². The summed E-state index contributed by atoms with van der Waals surface area (Å²) in [5.74, 6) is -0.990. The molecular formula is C28H28F2N6O2. The summed E-state index contributed by atoms with van der Waals surface area (Å²) < 4.78 is 35.3. The van der Waals surface area contributed by atoms with Crippen LogP contribution in [0, 0.1) is 11.6 Å². The molecule has 2 aliphatic rings. The number of carbonyl (C=O) groups excluding carboxylic acids is 1. The first-order valence-electron chi connectivity index (χ1n) is 12.7. The van der Waals surface area contributed by atoms with Crippen LogP contribution < -0.4 is 10.6 Å². The summed E-state index contributed by atoms with van der Waals surface area (Å²) in [6.07, 6.45) is 4.03. The normalized spacial score (nSPS) is 15.8. The van der Waals surface area contributed by atoms with Gasteiger partial charge in [-0.15, -0.1) is 0 Å². The molecule has 0 aliphatic carbocycles. The van der Waals surface area contributed by atoms with Gasteiger partial charge < -0.3 is 19.9 Å². The van der Waals surface area contributed by atoms with Crippen molar-refractivity contribution in [3.63, 3.8) is 0 Å². The Hall–Kier alpha value is -3.89. The second kappa shape index (κ2) is 10.1. The zero-order chi connectivity index (χ0) is 26.2. The average molecular weight is 519 g/mol. The first-order valence-corrected chi connectivity index (χ1v) is 12.7. The Labute approximate surface area is 218 Å². The molecule has 196 valence electrons. The first kappa shape index (κ1) is 24.4. The maximum atomic E-state index is 14.1. The Balaban J connectivity index is 1.27. The molecule has 6 rings (SSSR count). The molecule has 1 saturated heterocycles. The molecule has 2 aromatic carbocycles. The van der Waals surface area contributed by atoms with E-state index in [1.807, 2.05) is 12.1 Å². The number of morpholine rings is 1. The SMILES string of the molecule is Nc1ncnc2c1c(-c1ccc3c(c1)CCN3C(=O)Cc1cc(F)ccc1F)cn2CCN1CCOCC1. The van der Waals surface area contributed by atoms with Gasteiger partial charge in [-0.05, 0) is 47.9 Å². The molecule has 4 heterocycles. The van der Waals surface area contributed by atoms with E-state index in [4.69, 9.17) is 10.5 Å². The minimum atomic E-state index is -0.584. The molecule has 1 fully saturated rings. The van der Waals surface area contributed by atoms with E-state index in [1.54, 1.807) is 4.90 Å². The molecule has 0 saturated carbocycles. The van der Waals surface area contributed by atoms with E-state index in [9.17, 15) is 13.6 Å². The lowest BCUT2D eigenvalue weighted by Gasteiger charge is -2.26. The van der Waals surface area contributed by atoms with Gasteiger partial charge in [-0.1, -0.05) is 6.07 Å². The molecule has 0 atom stereocenters. The number of nitrogen functional groups attached to an aromatic ring is 1. The van der Waals surface area contributed by atoms with Gasteiger partial charge in [-0.25, -0.2) is 18.7 Å². The molecule has 0 radical (unpaired) electrons. The van der Waals surface area contributed by atoms with Gasteiger partial charge in [-0.2, -0.15) is 0 Å². The fourth-order valence-electron chi connectivity index (χ4n) is 5.38. The Morgan fingerprint density at radius 1 is 1.03 bits per heavy atom. The Kier molecular flexibility index (Phi) is 6.50. The third-order valence-corrected chi connectivity index (χ3v) is 7.38. The van der Waals surface area contributed by atoms with E-state index >= 15 is 0 Å². The van der Waals surface area contributed by atoms with Crippen molar-refractivity contribution in [1.29, 1.82) is 0 Å². The number of aromatic nitrogens is 3. The number of anilines is 2. The van der Waals surface area contributed by atoms with E-state index in [-0.39, 0.29) is 17.9 Å². The quantitative estimate of drug-likeness (QED) is 0.421. The summed E-state index contributed by atoms with van der Waals surface area (Å²) >= 11 is 0. The van der Waals surface area contributed by atoms with Crippen LogP contribution in [0.3, 0.4) is 0 Å². The zero-order valence-corrected chi connectivity index (χ0v) is 20.9. The summed E-state index contributed by atoms with van der Waals surface area (Å²) in [6.45, 7) is 5.45. The van der Waals surface area contributed by atoms with Crippen LogP contribution in [-0.2, 0) is 28.9 Å². The Morgan fingerprint density at radius 2 is 1.87 bits per heavy atom. The molecule has 38 heavy (non-hydrogen) atoms. The summed E-state index contributed by atoms with van der Waals surface area (Å²) in [5.41, 5.74) is 10.9. The minimum absolute atomic E-state index is 0.0560. The van der Waals surface area contributed by atoms with Gasteiger partial charge >= 0.3 is 0 Å². The number of rotatable bonds is 6. The molecule has 2 N–H and O–H groups in total. The summed E-state index contributed by atoms with van der Waals surface area (Å²) in [7, 11) is 0. The van der Waals surface area contributed by atoms with Crippen molar-refractivity contribution in [2.75, 3.05) is 50.0 Å². The largest absolute Gasteiger partial charge is 0.383 e. The van der Waals surface area contributed by atoms with E-state index in [0.717, 1.165) is 91.0 Å². The van der Waals surface area contributed by atoms with Crippen LogP contribution in [0.5, 0.6) is 0 Å². The van der Waals surface area contributed by atoms with Gasteiger partial charge in [0.1, 0.15) is 29.4 Å². The summed E-state index contributed by atoms with van der Waals surface area (Å²) in [6, 6.07) is 9.12. The molecule has 0 spiro atoms. The summed E-state index contributed by atoms with van der Waals surface area (Å²) in [4.78, 5) is 25.8. The summed E-state index contributed by atoms with van der Waals surface area (Å²) in [5, 5.41) is 0.807. The van der Waals surface area contributed by atoms with E-state index in [1.165, 1.54) is 6.33 Å². The fraction of sp³-hybridized carbons (Fsp3) is 0.321. The maximum Gasteiger partial charge on any atom is 0.231 e. The highest BCUT2D eigenvalue weighted by Crippen LogP contribution is 2.37. The third-order valence-electron chi connectivity index (χ3n) is 7.38. The molecule has 4 aromatic rings. The van der Waals surface area contributed by atoms with Gasteiger partial charge in [0, 0.05) is 55.7 Å². The van der Waals surface area contributed by atoms with Gasteiger partial charge in [0.25, 0.3) is 0 Å². The average Bonchev–Trinajstić information content (AvgIpc) is 3.52.